The quantitative estimate of drug-likeness (QED) is 0.668. The molecule has 3 N–H and O–H groups in total. The molecule has 0 atom stereocenters. The molecule has 0 aliphatic rings. The Hall–Kier alpha value is -1.02. The highest BCUT2D eigenvalue weighted by atomic mass is 14.9. The summed E-state index contributed by atoms with van der Waals surface area (Å²) in [6.45, 7) is 5.15. The van der Waals surface area contributed by atoms with Crippen LogP contribution in [-0.2, 0) is 6.54 Å². The van der Waals surface area contributed by atoms with Crippen LogP contribution in [-0.4, -0.2) is 6.04 Å². The summed E-state index contributed by atoms with van der Waals surface area (Å²) in [5.74, 6) is 0. The Bertz CT molecular complexity index is 243. The molecule has 1 aromatic rings. The van der Waals surface area contributed by atoms with E-state index in [1.54, 1.807) is 0 Å². The first kappa shape index (κ1) is 9.07. The first-order valence-electron chi connectivity index (χ1n) is 4.26. The van der Waals surface area contributed by atoms with Crippen molar-refractivity contribution in [3.63, 3.8) is 0 Å². The van der Waals surface area contributed by atoms with Gasteiger partial charge in [0.05, 0.1) is 0 Å². The zero-order valence-corrected chi connectivity index (χ0v) is 7.67. The van der Waals surface area contributed by atoms with Crippen molar-refractivity contribution >= 4 is 5.69 Å². The molecule has 0 spiro atoms. The predicted octanol–water partition coefficient (Wildman–Crippen LogP) is 1.77. The van der Waals surface area contributed by atoms with Gasteiger partial charge in [0.2, 0.25) is 0 Å². The molecule has 0 heterocycles. The maximum absolute atomic E-state index is 5.64. The van der Waals surface area contributed by atoms with Crippen LogP contribution in [0.5, 0.6) is 0 Å². The van der Waals surface area contributed by atoms with Crippen LogP contribution >= 0.6 is 0 Å². The SMILES string of the molecule is CC(C)NCc1cccc(N)c1. The number of anilines is 1. The normalized spacial score (nSPS) is 10.6. The molecule has 0 amide bonds. The zero-order valence-electron chi connectivity index (χ0n) is 7.67. The number of hydrogen-bond acceptors (Lipinski definition) is 2. The number of rotatable bonds is 3. The Morgan fingerprint density at radius 2 is 2.17 bits per heavy atom. The predicted molar refractivity (Wildman–Crippen MR) is 52.8 cm³/mol. The molecule has 0 fully saturated rings. The first-order chi connectivity index (χ1) is 5.68. The van der Waals surface area contributed by atoms with Crippen molar-refractivity contribution in [3.05, 3.63) is 29.8 Å². The summed E-state index contributed by atoms with van der Waals surface area (Å²) in [6.07, 6.45) is 0. The van der Waals surface area contributed by atoms with Crippen LogP contribution in [0.3, 0.4) is 0 Å². The molecule has 0 aliphatic heterocycles. The third kappa shape index (κ3) is 2.93. The molecule has 0 unspecified atom stereocenters. The molecular weight excluding hydrogens is 148 g/mol. The summed E-state index contributed by atoms with van der Waals surface area (Å²) >= 11 is 0. The number of benzene rings is 1. The Balaban J connectivity index is 2.52. The zero-order chi connectivity index (χ0) is 8.97. The molecule has 0 aromatic heterocycles. The standard InChI is InChI=1S/C10H16N2/c1-8(2)12-7-9-4-3-5-10(11)6-9/h3-6,8,12H,7,11H2,1-2H3. The maximum atomic E-state index is 5.64. The van der Waals surface area contributed by atoms with Gasteiger partial charge in [0.15, 0.2) is 0 Å². The highest BCUT2D eigenvalue weighted by Gasteiger charge is 1.94. The third-order valence-corrected chi connectivity index (χ3v) is 1.67. The average Bonchev–Trinajstić information content (AvgIpc) is 2.01. The summed E-state index contributed by atoms with van der Waals surface area (Å²) in [5, 5.41) is 3.33. The van der Waals surface area contributed by atoms with Crippen LogP contribution in [0.2, 0.25) is 0 Å². The van der Waals surface area contributed by atoms with Gasteiger partial charge in [-0.05, 0) is 17.7 Å². The second kappa shape index (κ2) is 4.12. The molecule has 0 saturated heterocycles. The van der Waals surface area contributed by atoms with Crippen molar-refractivity contribution in [2.24, 2.45) is 0 Å². The van der Waals surface area contributed by atoms with Gasteiger partial charge in [-0.2, -0.15) is 0 Å². The molecule has 0 bridgehead atoms. The number of nitrogen functional groups attached to an aromatic ring is 1. The Morgan fingerprint density at radius 3 is 2.75 bits per heavy atom. The number of nitrogens with one attached hydrogen (secondary N) is 1. The highest BCUT2D eigenvalue weighted by Crippen LogP contribution is 2.05. The van der Waals surface area contributed by atoms with E-state index in [0.717, 1.165) is 12.2 Å². The van der Waals surface area contributed by atoms with Crippen molar-refractivity contribution in [2.45, 2.75) is 26.4 Å². The topological polar surface area (TPSA) is 38.0 Å². The van der Waals surface area contributed by atoms with Crippen LogP contribution in [0.15, 0.2) is 24.3 Å². The molecule has 12 heavy (non-hydrogen) atoms. The lowest BCUT2D eigenvalue weighted by atomic mass is 10.2. The summed E-state index contributed by atoms with van der Waals surface area (Å²) < 4.78 is 0. The fraction of sp³-hybridized carbons (Fsp3) is 0.400. The largest absolute Gasteiger partial charge is 0.399 e. The molecule has 1 aromatic carbocycles. The fourth-order valence-corrected chi connectivity index (χ4v) is 1.03. The summed E-state index contributed by atoms with van der Waals surface area (Å²) in [4.78, 5) is 0. The molecular formula is C10H16N2. The smallest absolute Gasteiger partial charge is 0.0317 e. The Morgan fingerprint density at radius 1 is 1.42 bits per heavy atom. The minimum Gasteiger partial charge on any atom is -0.399 e. The Kier molecular flexibility index (Phi) is 3.11. The van der Waals surface area contributed by atoms with Gasteiger partial charge in [-0.3, -0.25) is 0 Å². The van der Waals surface area contributed by atoms with Gasteiger partial charge in [0.1, 0.15) is 0 Å². The molecule has 0 aliphatic carbocycles. The van der Waals surface area contributed by atoms with Gasteiger partial charge in [-0.25, -0.2) is 0 Å². The minimum absolute atomic E-state index is 0.520. The van der Waals surface area contributed by atoms with E-state index in [9.17, 15) is 0 Å². The lowest BCUT2D eigenvalue weighted by Gasteiger charge is -2.07. The van der Waals surface area contributed by atoms with E-state index in [2.05, 4.69) is 25.2 Å². The van der Waals surface area contributed by atoms with Crippen LogP contribution in [0.25, 0.3) is 0 Å². The lowest BCUT2D eigenvalue weighted by Crippen LogP contribution is -2.21. The number of hydrogen-bond donors (Lipinski definition) is 2. The van der Waals surface area contributed by atoms with E-state index in [1.807, 2.05) is 18.2 Å². The number of nitrogens with two attached hydrogens (primary N) is 1. The maximum Gasteiger partial charge on any atom is 0.0317 e. The van der Waals surface area contributed by atoms with Crippen molar-refractivity contribution in [2.75, 3.05) is 5.73 Å². The van der Waals surface area contributed by atoms with Crippen molar-refractivity contribution < 1.29 is 0 Å². The molecule has 1 rings (SSSR count). The highest BCUT2D eigenvalue weighted by molar-refractivity contribution is 5.40. The third-order valence-electron chi connectivity index (χ3n) is 1.67. The van der Waals surface area contributed by atoms with Crippen LogP contribution in [0, 0.1) is 0 Å². The van der Waals surface area contributed by atoms with E-state index in [1.165, 1.54) is 5.56 Å². The molecule has 66 valence electrons. The van der Waals surface area contributed by atoms with E-state index in [0.29, 0.717) is 6.04 Å². The van der Waals surface area contributed by atoms with Crippen molar-refractivity contribution in [1.29, 1.82) is 0 Å². The van der Waals surface area contributed by atoms with Gasteiger partial charge in [0.25, 0.3) is 0 Å². The van der Waals surface area contributed by atoms with E-state index < -0.39 is 0 Å². The summed E-state index contributed by atoms with van der Waals surface area (Å²) in [6, 6.07) is 8.47. The van der Waals surface area contributed by atoms with Crippen LogP contribution < -0.4 is 11.1 Å². The Labute approximate surface area is 73.8 Å². The summed E-state index contributed by atoms with van der Waals surface area (Å²) in [7, 11) is 0. The monoisotopic (exact) mass is 164 g/mol. The van der Waals surface area contributed by atoms with Gasteiger partial charge in [-0.15, -0.1) is 0 Å². The van der Waals surface area contributed by atoms with Crippen molar-refractivity contribution in [1.82, 2.24) is 5.32 Å². The second-order valence-corrected chi connectivity index (χ2v) is 3.28. The minimum atomic E-state index is 0.520. The lowest BCUT2D eigenvalue weighted by molar-refractivity contribution is 0.589. The van der Waals surface area contributed by atoms with Gasteiger partial charge < -0.3 is 11.1 Å². The summed E-state index contributed by atoms with van der Waals surface area (Å²) in [5.41, 5.74) is 7.71. The van der Waals surface area contributed by atoms with Crippen LogP contribution in [0.4, 0.5) is 5.69 Å². The van der Waals surface area contributed by atoms with Gasteiger partial charge in [-0.1, -0.05) is 26.0 Å². The van der Waals surface area contributed by atoms with Gasteiger partial charge >= 0.3 is 0 Å². The second-order valence-electron chi connectivity index (χ2n) is 3.28. The molecule has 0 saturated carbocycles. The van der Waals surface area contributed by atoms with Crippen LogP contribution in [0.1, 0.15) is 19.4 Å². The van der Waals surface area contributed by atoms with E-state index >= 15 is 0 Å². The van der Waals surface area contributed by atoms with E-state index in [-0.39, 0.29) is 0 Å². The first-order valence-corrected chi connectivity index (χ1v) is 4.26. The molecule has 0 radical (unpaired) electrons. The average molecular weight is 164 g/mol. The fourth-order valence-electron chi connectivity index (χ4n) is 1.03. The molecule has 2 heteroatoms. The van der Waals surface area contributed by atoms with E-state index in [4.69, 9.17) is 5.73 Å². The van der Waals surface area contributed by atoms with Gasteiger partial charge in [0, 0.05) is 18.3 Å². The molecule has 2 nitrogen and oxygen atoms in total. The van der Waals surface area contributed by atoms with Crippen molar-refractivity contribution in [3.8, 4) is 0 Å².